The van der Waals surface area contributed by atoms with E-state index in [4.69, 9.17) is 11.5 Å². The van der Waals surface area contributed by atoms with Gasteiger partial charge in [0.2, 0.25) is 5.91 Å². The molecule has 6 nitrogen and oxygen atoms in total. The topological polar surface area (TPSA) is 78.8 Å². The van der Waals surface area contributed by atoms with Gasteiger partial charge in [0.25, 0.3) is 0 Å². The van der Waals surface area contributed by atoms with E-state index in [9.17, 15) is 4.79 Å². The molecule has 40 heavy (non-hydrogen) atoms. The number of hydrogen-bond acceptors (Lipinski definition) is 5. The number of likely N-dealkylation sites (N-methyl/N-ethyl adjacent to an activating group) is 1. The first-order chi connectivity index (χ1) is 19.5. The van der Waals surface area contributed by atoms with E-state index >= 15 is 0 Å². The van der Waals surface area contributed by atoms with Crippen LogP contribution < -0.4 is 16.4 Å². The lowest BCUT2D eigenvalue weighted by atomic mass is 10.0. The van der Waals surface area contributed by atoms with Crippen LogP contribution >= 0.6 is 0 Å². The molecule has 0 aliphatic carbocycles. The first-order valence-electron chi connectivity index (χ1n) is 14.0. The Balaban J connectivity index is 1.36. The Bertz CT molecular complexity index is 1430. The highest BCUT2D eigenvalue weighted by Gasteiger charge is 2.18. The molecule has 0 aromatic heterocycles. The molecule has 1 fully saturated rings. The van der Waals surface area contributed by atoms with Crippen molar-refractivity contribution in [3.05, 3.63) is 119 Å². The molecule has 1 amide bonds. The molecule has 0 bridgehead atoms. The summed E-state index contributed by atoms with van der Waals surface area (Å²) in [6, 6.07) is 32.9. The second-order valence-corrected chi connectivity index (χ2v) is 10.7. The van der Waals surface area contributed by atoms with Crippen LogP contribution in [0.25, 0.3) is 11.1 Å². The van der Waals surface area contributed by atoms with Crippen molar-refractivity contribution in [2.75, 3.05) is 43.9 Å². The zero-order valence-corrected chi connectivity index (χ0v) is 23.3. The van der Waals surface area contributed by atoms with Crippen molar-refractivity contribution in [1.82, 2.24) is 9.80 Å². The van der Waals surface area contributed by atoms with Gasteiger partial charge >= 0.3 is 0 Å². The molecule has 5 rings (SSSR count). The average molecular weight is 534 g/mol. The predicted molar refractivity (Wildman–Crippen MR) is 165 cm³/mol. The summed E-state index contributed by atoms with van der Waals surface area (Å²) < 4.78 is 0. The summed E-state index contributed by atoms with van der Waals surface area (Å²) in [6.45, 7) is 5.56. The van der Waals surface area contributed by atoms with E-state index in [-0.39, 0.29) is 5.91 Å². The molecule has 1 aliphatic rings. The fraction of sp³-hybridized carbons (Fsp3) is 0.265. The van der Waals surface area contributed by atoms with Crippen LogP contribution in [0, 0.1) is 0 Å². The summed E-state index contributed by atoms with van der Waals surface area (Å²) in [5, 5.41) is 0. The third kappa shape index (κ3) is 6.89. The minimum atomic E-state index is 0.0931. The van der Waals surface area contributed by atoms with E-state index in [1.54, 1.807) is 0 Å². The lowest BCUT2D eigenvalue weighted by Gasteiger charge is -2.34. The number of piperazine rings is 1. The molecule has 0 unspecified atom stereocenters. The van der Waals surface area contributed by atoms with Gasteiger partial charge in [-0.1, -0.05) is 78.9 Å². The Hall–Kier alpha value is -4.13. The maximum Gasteiger partial charge on any atom is 0.227 e. The lowest BCUT2D eigenvalue weighted by molar-refractivity contribution is -0.131. The third-order valence-corrected chi connectivity index (χ3v) is 7.66. The molecule has 4 aromatic rings. The van der Waals surface area contributed by atoms with E-state index in [0.29, 0.717) is 26.1 Å². The first-order valence-corrected chi connectivity index (χ1v) is 14.0. The largest absolute Gasteiger partial charge is 0.397 e. The van der Waals surface area contributed by atoms with Crippen molar-refractivity contribution in [3.8, 4) is 11.1 Å². The minimum absolute atomic E-state index is 0.0931. The van der Waals surface area contributed by atoms with Gasteiger partial charge in [-0.15, -0.1) is 0 Å². The van der Waals surface area contributed by atoms with E-state index in [2.05, 4.69) is 71.4 Å². The number of anilines is 2. The van der Waals surface area contributed by atoms with Crippen LogP contribution in [0.2, 0.25) is 0 Å². The third-order valence-electron chi connectivity index (χ3n) is 7.66. The quantitative estimate of drug-likeness (QED) is 0.299. The normalized spacial score (nSPS) is 13.8. The van der Waals surface area contributed by atoms with Crippen molar-refractivity contribution in [2.45, 2.75) is 26.1 Å². The molecule has 6 heteroatoms. The smallest absolute Gasteiger partial charge is 0.227 e. The molecule has 0 saturated carbocycles. The second kappa shape index (κ2) is 12.8. The Labute approximate surface area is 237 Å². The van der Waals surface area contributed by atoms with Gasteiger partial charge < -0.3 is 26.2 Å². The monoisotopic (exact) mass is 533 g/mol. The van der Waals surface area contributed by atoms with Gasteiger partial charge in [0.05, 0.1) is 17.8 Å². The fourth-order valence-corrected chi connectivity index (χ4v) is 5.33. The number of rotatable bonds is 9. The highest BCUT2D eigenvalue weighted by Crippen LogP contribution is 2.31. The van der Waals surface area contributed by atoms with Crippen molar-refractivity contribution < 1.29 is 4.79 Å². The second-order valence-electron chi connectivity index (χ2n) is 10.7. The summed E-state index contributed by atoms with van der Waals surface area (Å²) in [7, 11) is 2.16. The Morgan fingerprint density at radius 2 is 1.35 bits per heavy atom. The van der Waals surface area contributed by atoms with Crippen molar-refractivity contribution >= 4 is 17.3 Å². The number of benzene rings is 4. The Kier molecular flexibility index (Phi) is 8.79. The standard InChI is InChI=1S/C34H39N5O/c1-37-15-17-38(18-16-37)33-14-13-31(22-32(33)36)30-12-6-11-29(20-30)25-39(24-28-10-5-9-27(19-28)23-35)34(40)21-26-7-3-2-4-8-26/h2-14,19-20,22H,15-18,21,23-25,35-36H2,1H3. The SMILES string of the molecule is CN1CCN(c2ccc(-c3cccc(CN(Cc4cccc(CN)c4)C(=O)Cc4ccccc4)c3)cc2N)CC1. The Morgan fingerprint density at radius 3 is 2.05 bits per heavy atom. The van der Waals surface area contributed by atoms with E-state index in [1.807, 2.05) is 47.4 Å². The molecule has 0 radical (unpaired) electrons. The average Bonchev–Trinajstić information content (AvgIpc) is 2.98. The number of nitrogens with zero attached hydrogens (tertiary/aromatic N) is 3. The molecular weight excluding hydrogens is 494 g/mol. The number of carbonyl (C=O) groups is 1. The molecule has 4 aromatic carbocycles. The number of nitrogens with two attached hydrogens (primary N) is 2. The van der Waals surface area contributed by atoms with E-state index < -0.39 is 0 Å². The number of amides is 1. The summed E-state index contributed by atoms with van der Waals surface area (Å²) in [6.07, 6.45) is 0.362. The van der Waals surface area contributed by atoms with Crippen LogP contribution in [0.5, 0.6) is 0 Å². The van der Waals surface area contributed by atoms with Crippen LogP contribution in [-0.2, 0) is 30.8 Å². The summed E-state index contributed by atoms with van der Waals surface area (Å²) >= 11 is 0. The van der Waals surface area contributed by atoms with Gasteiger partial charge in [-0.2, -0.15) is 0 Å². The number of carbonyl (C=O) groups excluding carboxylic acids is 1. The number of hydrogen-bond donors (Lipinski definition) is 2. The van der Waals surface area contributed by atoms with E-state index in [0.717, 1.165) is 70.9 Å². The molecule has 0 spiro atoms. The molecule has 206 valence electrons. The zero-order chi connectivity index (χ0) is 27.9. The van der Waals surface area contributed by atoms with Crippen LogP contribution in [0.4, 0.5) is 11.4 Å². The maximum absolute atomic E-state index is 13.6. The molecule has 4 N–H and O–H groups in total. The van der Waals surface area contributed by atoms with Crippen molar-refractivity contribution in [2.24, 2.45) is 5.73 Å². The van der Waals surface area contributed by atoms with Crippen LogP contribution in [0.3, 0.4) is 0 Å². The molecule has 1 saturated heterocycles. The molecular formula is C34H39N5O. The first kappa shape index (κ1) is 27.4. The fourth-order valence-electron chi connectivity index (χ4n) is 5.33. The van der Waals surface area contributed by atoms with Gasteiger partial charge in [-0.25, -0.2) is 0 Å². The van der Waals surface area contributed by atoms with Crippen molar-refractivity contribution in [1.29, 1.82) is 0 Å². The van der Waals surface area contributed by atoms with E-state index in [1.165, 1.54) is 0 Å². The van der Waals surface area contributed by atoms with Crippen LogP contribution in [0.1, 0.15) is 22.3 Å². The van der Waals surface area contributed by atoms with Crippen LogP contribution in [0.15, 0.2) is 97.1 Å². The van der Waals surface area contributed by atoms with Gasteiger partial charge in [0, 0.05) is 45.8 Å². The predicted octanol–water partition coefficient (Wildman–Crippen LogP) is 4.92. The summed E-state index contributed by atoms with van der Waals surface area (Å²) in [4.78, 5) is 20.2. The summed E-state index contributed by atoms with van der Waals surface area (Å²) in [5.41, 5.74) is 20.7. The lowest BCUT2D eigenvalue weighted by Crippen LogP contribution is -2.44. The maximum atomic E-state index is 13.6. The van der Waals surface area contributed by atoms with Crippen molar-refractivity contribution in [3.63, 3.8) is 0 Å². The summed E-state index contributed by atoms with van der Waals surface area (Å²) in [5.74, 6) is 0.0931. The van der Waals surface area contributed by atoms with Gasteiger partial charge in [-0.05, 0) is 58.6 Å². The number of nitrogen functional groups attached to an aromatic ring is 1. The molecule has 0 atom stereocenters. The molecule has 1 heterocycles. The van der Waals surface area contributed by atoms with Gasteiger partial charge in [0.15, 0.2) is 0 Å². The highest BCUT2D eigenvalue weighted by atomic mass is 16.2. The van der Waals surface area contributed by atoms with Crippen LogP contribution in [-0.4, -0.2) is 48.9 Å². The highest BCUT2D eigenvalue weighted by molar-refractivity contribution is 5.79. The zero-order valence-electron chi connectivity index (χ0n) is 23.3. The minimum Gasteiger partial charge on any atom is -0.397 e. The van der Waals surface area contributed by atoms with Gasteiger partial charge in [0.1, 0.15) is 0 Å². The molecule has 1 aliphatic heterocycles. The Morgan fingerprint density at radius 1 is 0.725 bits per heavy atom. The van der Waals surface area contributed by atoms with Gasteiger partial charge in [-0.3, -0.25) is 4.79 Å².